The summed E-state index contributed by atoms with van der Waals surface area (Å²) in [6.07, 6.45) is 0. The van der Waals surface area contributed by atoms with Crippen molar-refractivity contribution < 1.29 is 19.1 Å². The first kappa shape index (κ1) is 14.5. The molecule has 0 aliphatic carbocycles. The molecule has 2 N–H and O–H groups in total. The molecule has 6 nitrogen and oxygen atoms in total. The average Bonchev–Trinajstić information content (AvgIpc) is 2.91. The van der Waals surface area contributed by atoms with Crippen LogP contribution in [0.3, 0.4) is 0 Å². The molecule has 0 unspecified atom stereocenters. The van der Waals surface area contributed by atoms with Crippen molar-refractivity contribution in [2.75, 3.05) is 20.3 Å². The fraction of sp³-hybridized carbons (Fsp3) is 0.385. The van der Waals surface area contributed by atoms with Gasteiger partial charge in [0.15, 0.2) is 0 Å². The highest BCUT2D eigenvalue weighted by Crippen LogP contribution is 2.32. The Morgan fingerprint density at radius 2 is 2.30 bits per heavy atom. The fourth-order valence-electron chi connectivity index (χ4n) is 1.98. The second kappa shape index (κ2) is 6.53. The molecule has 0 spiro atoms. The molecule has 20 heavy (non-hydrogen) atoms. The van der Waals surface area contributed by atoms with Crippen molar-refractivity contribution in [3.63, 3.8) is 0 Å². The van der Waals surface area contributed by atoms with Crippen LogP contribution in [0.4, 0.5) is 4.79 Å². The average molecular weight is 296 g/mol. The van der Waals surface area contributed by atoms with E-state index >= 15 is 0 Å². The van der Waals surface area contributed by atoms with E-state index in [1.807, 2.05) is 17.5 Å². The van der Waals surface area contributed by atoms with Gasteiger partial charge in [-0.3, -0.25) is 4.79 Å². The van der Waals surface area contributed by atoms with Gasteiger partial charge in [-0.05, 0) is 11.4 Å². The van der Waals surface area contributed by atoms with Crippen molar-refractivity contribution in [1.29, 1.82) is 0 Å². The molecule has 1 fully saturated rings. The van der Waals surface area contributed by atoms with E-state index < -0.39 is 17.9 Å². The summed E-state index contributed by atoms with van der Waals surface area (Å²) in [6, 6.07) is 2.91. The predicted molar refractivity (Wildman–Crippen MR) is 74.2 cm³/mol. The minimum Gasteiger partial charge on any atom is -0.463 e. The van der Waals surface area contributed by atoms with Gasteiger partial charge in [0.1, 0.15) is 12.5 Å². The van der Waals surface area contributed by atoms with E-state index in [0.717, 1.165) is 4.88 Å². The Kier molecular flexibility index (Phi) is 4.75. The monoisotopic (exact) mass is 296 g/mol. The number of methoxy groups -OCH3 is 1. The van der Waals surface area contributed by atoms with Gasteiger partial charge in [-0.2, -0.15) is 0 Å². The van der Waals surface area contributed by atoms with Crippen molar-refractivity contribution >= 4 is 23.3 Å². The van der Waals surface area contributed by atoms with Crippen molar-refractivity contribution in [2.45, 2.75) is 6.04 Å². The Morgan fingerprint density at radius 3 is 2.95 bits per heavy atom. The standard InChI is InChI=1S/C13H16N2O4S/c1-8-10(12(16)19-6-5-18-2)11(15-13(17)14-8)9-4-3-7-20-9/h3-4,7,10-11H,1,5-6H2,2H3,(H2,14,15,17)/t10-,11-/m1/s1. The van der Waals surface area contributed by atoms with Gasteiger partial charge < -0.3 is 20.1 Å². The number of thiophene rings is 1. The Morgan fingerprint density at radius 1 is 1.50 bits per heavy atom. The summed E-state index contributed by atoms with van der Waals surface area (Å²) in [7, 11) is 1.53. The second-order valence-corrected chi connectivity index (χ2v) is 5.23. The predicted octanol–water partition coefficient (Wildman–Crippen LogP) is 1.42. The lowest BCUT2D eigenvalue weighted by Gasteiger charge is -2.32. The summed E-state index contributed by atoms with van der Waals surface area (Å²) < 4.78 is 9.98. The Labute approximate surface area is 120 Å². The maximum Gasteiger partial charge on any atom is 0.319 e. The zero-order valence-corrected chi connectivity index (χ0v) is 11.9. The lowest BCUT2D eigenvalue weighted by molar-refractivity contribution is -0.149. The summed E-state index contributed by atoms with van der Waals surface area (Å²) in [6.45, 7) is 4.25. The van der Waals surface area contributed by atoms with Gasteiger partial charge in [0.2, 0.25) is 0 Å². The Bertz CT molecular complexity index is 500. The van der Waals surface area contributed by atoms with E-state index in [0.29, 0.717) is 12.3 Å². The molecular weight excluding hydrogens is 280 g/mol. The largest absolute Gasteiger partial charge is 0.463 e. The van der Waals surface area contributed by atoms with Gasteiger partial charge in [0, 0.05) is 17.7 Å². The molecule has 2 heterocycles. The first-order chi connectivity index (χ1) is 9.63. The highest BCUT2D eigenvalue weighted by atomic mass is 32.1. The molecule has 2 amide bonds. The van der Waals surface area contributed by atoms with Crippen LogP contribution in [-0.2, 0) is 14.3 Å². The van der Waals surface area contributed by atoms with Crippen LogP contribution >= 0.6 is 11.3 Å². The van der Waals surface area contributed by atoms with Crippen LogP contribution in [-0.4, -0.2) is 32.3 Å². The number of esters is 1. The van der Waals surface area contributed by atoms with Crippen LogP contribution in [0.1, 0.15) is 10.9 Å². The minimum absolute atomic E-state index is 0.171. The zero-order chi connectivity index (χ0) is 14.5. The third-order valence-corrected chi connectivity index (χ3v) is 3.86. The molecule has 7 heteroatoms. The molecule has 1 saturated heterocycles. The number of nitrogens with one attached hydrogen (secondary N) is 2. The van der Waals surface area contributed by atoms with Crippen molar-refractivity contribution in [2.24, 2.45) is 5.92 Å². The molecule has 2 atom stereocenters. The van der Waals surface area contributed by atoms with Crippen LogP contribution in [0, 0.1) is 5.92 Å². The van der Waals surface area contributed by atoms with Crippen molar-refractivity contribution in [3.8, 4) is 0 Å². The SMILES string of the molecule is C=C1NC(=O)N[C@H](c2cccs2)[C@@H]1C(=O)OCCOC. The lowest BCUT2D eigenvalue weighted by atomic mass is 9.93. The van der Waals surface area contributed by atoms with Crippen LogP contribution < -0.4 is 10.6 Å². The van der Waals surface area contributed by atoms with Gasteiger partial charge in [0.25, 0.3) is 0 Å². The molecule has 1 aromatic rings. The van der Waals surface area contributed by atoms with Gasteiger partial charge in [-0.15, -0.1) is 11.3 Å². The molecule has 1 aromatic heterocycles. The van der Waals surface area contributed by atoms with Crippen molar-refractivity contribution in [3.05, 3.63) is 34.7 Å². The molecule has 0 radical (unpaired) electrons. The van der Waals surface area contributed by atoms with Gasteiger partial charge >= 0.3 is 12.0 Å². The Hall–Kier alpha value is -1.86. The third-order valence-electron chi connectivity index (χ3n) is 2.90. The number of carbonyl (C=O) groups is 2. The van der Waals surface area contributed by atoms with E-state index in [-0.39, 0.29) is 12.6 Å². The first-order valence-corrected chi connectivity index (χ1v) is 6.96. The number of hydrogen-bond donors (Lipinski definition) is 2. The van der Waals surface area contributed by atoms with E-state index in [4.69, 9.17) is 9.47 Å². The minimum atomic E-state index is -0.650. The molecule has 1 aliphatic rings. The maximum absolute atomic E-state index is 12.2. The molecule has 0 aromatic carbocycles. The number of urea groups is 1. The maximum atomic E-state index is 12.2. The summed E-state index contributed by atoms with van der Waals surface area (Å²) >= 11 is 1.47. The Balaban J connectivity index is 2.15. The smallest absolute Gasteiger partial charge is 0.319 e. The first-order valence-electron chi connectivity index (χ1n) is 6.08. The van der Waals surface area contributed by atoms with E-state index in [1.54, 1.807) is 0 Å². The molecule has 2 rings (SSSR count). The summed E-state index contributed by atoms with van der Waals surface area (Å²) in [5.74, 6) is -1.08. The zero-order valence-electron chi connectivity index (χ0n) is 11.0. The van der Waals surface area contributed by atoms with Crippen molar-refractivity contribution in [1.82, 2.24) is 10.6 Å². The summed E-state index contributed by atoms with van der Waals surface area (Å²) in [4.78, 5) is 24.6. The van der Waals surface area contributed by atoms with E-state index in [1.165, 1.54) is 18.4 Å². The third kappa shape index (κ3) is 3.17. The second-order valence-electron chi connectivity index (χ2n) is 4.25. The highest BCUT2D eigenvalue weighted by molar-refractivity contribution is 7.10. The molecule has 0 bridgehead atoms. The molecule has 1 aliphatic heterocycles. The quantitative estimate of drug-likeness (QED) is 0.636. The van der Waals surface area contributed by atoms with E-state index in [2.05, 4.69) is 17.2 Å². The van der Waals surface area contributed by atoms with Gasteiger partial charge in [-0.1, -0.05) is 12.6 Å². The van der Waals surface area contributed by atoms with E-state index in [9.17, 15) is 9.59 Å². The summed E-state index contributed by atoms with van der Waals surface area (Å²) in [5, 5.41) is 7.15. The molecular formula is C13H16N2O4S. The normalized spacial score (nSPS) is 22.1. The number of ether oxygens (including phenoxy) is 2. The van der Waals surface area contributed by atoms with Gasteiger partial charge in [-0.25, -0.2) is 4.79 Å². The molecule has 108 valence electrons. The number of carbonyl (C=O) groups excluding carboxylic acids is 2. The number of hydrogen-bond acceptors (Lipinski definition) is 5. The van der Waals surface area contributed by atoms with Crippen LogP contribution in [0.2, 0.25) is 0 Å². The molecule has 0 saturated carbocycles. The number of rotatable bonds is 5. The van der Waals surface area contributed by atoms with Gasteiger partial charge in [0.05, 0.1) is 12.6 Å². The fourth-order valence-corrected chi connectivity index (χ4v) is 2.80. The lowest BCUT2D eigenvalue weighted by Crippen LogP contribution is -2.51. The van der Waals surface area contributed by atoms with Crippen LogP contribution in [0.15, 0.2) is 29.8 Å². The van der Waals surface area contributed by atoms with Crippen LogP contribution in [0.5, 0.6) is 0 Å². The number of amides is 2. The topological polar surface area (TPSA) is 76.7 Å². The summed E-state index contributed by atoms with van der Waals surface area (Å²) in [5.41, 5.74) is 0.342. The van der Waals surface area contributed by atoms with Crippen LogP contribution in [0.25, 0.3) is 0 Å². The highest BCUT2D eigenvalue weighted by Gasteiger charge is 2.39.